The summed E-state index contributed by atoms with van der Waals surface area (Å²) in [5.41, 5.74) is 5.25. The Morgan fingerprint density at radius 2 is 1.62 bits per heavy atom. The minimum atomic E-state index is -0.546. The lowest BCUT2D eigenvalue weighted by molar-refractivity contribution is 0.0942. The Bertz CT molecular complexity index is 685. The first-order valence-electron chi connectivity index (χ1n) is 5.97. The average molecular weight is 290 g/mol. The zero-order valence-electron chi connectivity index (χ0n) is 10.9. The number of benzene rings is 2. The molecule has 21 heavy (non-hydrogen) atoms. The zero-order chi connectivity index (χ0) is 15.4. The van der Waals surface area contributed by atoms with Crippen LogP contribution in [0.15, 0.2) is 49.0 Å². The van der Waals surface area contributed by atoms with E-state index in [9.17, 15) is 18.7 Å². The number of aromatic hydroxyl groups is 1. The quantitative estimate of drug-likeness (QED) is 0.758. The fourth-order valence-corrected chi connectivity index (χ4v) is 1.62. The van der Waals surface area contributed by atoms with Gasteiger partial charge in [-0.1, -0.05) is 6.58 Å². The van der Waals surface area contributed by atoms with Gasteiger partial charge in [-0.3, -0.25) is 15.6 Å². The van der Waals surface area contributed by atoms with Gasteiger partial charge in [0.2, 0.25) is 0 Å². The molecule has 0 atom stereocenters. The second kappa shape index (κ2) is 6.04. The molecular formula is C15H12F2N2O2. The smallest absolute Gasteiger partial charge is 0.269 e. The maximum Gasteiger partial charge on any atom is 0.269 e. The SMILES string of the molecule is C=C(NNC(=O)c1ccc(F)cc1)c1cc(F)ccc1O. The average Bonchev–Trinajstić information content (AvgIpc) is 2.47. The zero-order valence-corrected chi connectivity index (χ0v) is 10.9. The summed E-state index contributed by atoms with van der Waals surface area (Å²) in [5.74, 6) is -1.69. The second-order valence-electron chi connectivity index (χ2n) is 4.23. The normalized spacial score (nSPS) is 10.0. The monoisotopic (exact) mass is 290 g/mol. The Balaban J connectivity index is 2.02. The van der Waals surface area contributed by atoms with E-state index < -0.39 is 17.5 Å². The van der Waals surface area contributed by atoms with Crippen LogP contribution in [0.4, 0.5) is 8.78 Å². The molecule has 0 spiro atoms. The van der Waals surface area contributed by atoms with Crippen molar-refractivity contribution in [3.05, 3.63) is 71.8 Å². The number of rotatable bonds is 4. The van der Waals surface area contributed by atoms with Gasteiger partial charge in [-0.05, 0) is 42.5 Å². The van der Waals surface area contributed by atoms with Gasteiger partial charge in [0, 0.05) is 11.1 Å². The van der Waals surface area contributed by atoms with Crippen molar-refractivity contribution in [3.63, 3.8) is 0 Å². The predicted octanol–water partition coefficient (Wildman–Crippen LogP) is 2.58. The molecule has 0 aromatic heterocycles. The van der Waals surface area contributed by atoms with Gasteiger partial charge < -0.3 is 5.11 Å². The van der Waals surface area contributed by atoms with Gasteiger partial charge in [-0.25, -0.2) is 8.78 Å². The van der Waals surface area contributed by atoms with Crippen LogP contribution in [0.3, 0.4) is 0 Å². The molecule has 2 aromatic rings. The van der Waals surface area contributed by atoms with E-state index in [2.05, 4.69) is 17.4 Å². The van der Waals surface area contributed by atoms with E-state index in [1.54, 1.807) is 0 Å². The number of hydrogen-bond acceptors (Lipinski definition) is 3. The Morgan fingerprint density at radius 1 is 1.00 bits per heavy atom. The molecule has 0 bridgehead atoms. The minimum Gasteiger partial charge on any atom is -0.507 e. The lowest BCUT2D eigenvalue weighted by Gasteiger charge is -2.12. The van der Waals surface area contributed by atoms with Crippen molar-refractivity contribution in [3.8, 4) is 5.75 Å². The van der Waals surface area contributed by atoms with Gasteiger partial charge in [0.05, 0.1) is 5.70 Å². The molecule has 108 valence electrons. The van der Waals surface area contributed by atoms with Crippen LogP contribution in [-0.2, 0) is 0 Å². The molecule has 0 saturated carbocycles. The van der Waals surface area contributed by atoms with Gasteiger partial charge in [0.1, 0.15) is 17.4 Å². The van der Waals surface area contributed by atoms with E-state index in [-0.39, 0.29) is 22.6 Å². The van der Waals surface area contributed by atoms with Crippen LogP contribution in [0.2, 0.25) is 0 Å². The van der Waals surface area contributed by atoms with E-state index in [4.69, 9.17) is 0 Å². The first-order valence-corrected chi connectivity index (χ1v) is 5.97. The maximum atomic E-state index is 13.1. The predicted molar refractivity (Wildman–Crippen MR) is 74.1 cm³/mol. The summed E-state index contributed by atoms with van der Waals surface area (Å²) in [4.78, 5) is 11.8. The second-order valence-corrected chi connectivity index (χ2v) is 4.23. The van der Waals surface area contributed by atoms with Crippen molar-refractivity contribution in [2.24, 2.45) is 0 Å². The Morgan fingerprint density at radius 3 is 2.29 bits per heavy atom. The molecule has 0 heterocycles. The Hall–Kier alpha value is -2.89. The van der Waals surface area contributed by atoms with Crippen molar-refractivity contribution < 1.29 is 18.7 Å². The van der Waals surface area contributed by atoms with E-state index in [1.807, 2.05) is 0 Å². The summed E-state index contributed by atoms with van der Waals surface area (Å²) >= 11 is 0. The van der Waals surface area contributed by atoms with E-state index in [1.165, 1.54) is 18.2 Å². The van der Waals surface area contributed by atoms with Crippen molar-refractivity contribution in [2.45, 2.75) is 0 Å². The van der Waals surface area contributed by atoms with Gasteiger partial charge in [0.25, 0.3) is 5.91 Å². The summed E-state index contributed by atoms with van der Waals surface area (Å²) in [6.07, 6.45) is 0. The standard InChI is InChI=1S/C15H12F2N2O2/c1-9(13-8-12(17)6-7-14(13)20)18-19-15(21)10-2-4-11(16)5-3-10/h2-8,18,20H,1H2,(H,19,21). The molecule has 0 aliphatic heterocycles. The largest absolute Gasteiger partial charge is 0.507 e. The molecule has 0 radical (unpaired) electrons. The molecule has 2 rings (SSSR count). The Labute approximate surface area is 119 Å². The molecule has 1 amide bonds. The topological polar surface area (TPSA) is 61.4 Å². The maximum absolute atomic E-state index is 13.1. The molecular weight excluding hydrogens is 278 g/mol. The highest BCUT2D eigenvalue weighted by molar-refractivity contribution is 5.94. The van der Waals surface area contributed by atoms with Gasteiger partial charge in [-0.15, -0.1) is 0 Å². The number of halogens is 2. The third kappa shape index (κ3) is 3.56. The highest BCUT2D eigenvalue weighted by Crippen LogP contribution is 2.22. The molecule has 2 aromatic carbocycles. The van der Waals surface area contributed by atoms with Crippen LogP contribution < -0.4 is 10.9 Å². The van der Waals surface area contributed by atoms with E-state index in [0.717, 1.165) is 24.3 Å². The first-order chi connectivity index (χ1) is 9.97. The number of carbonyl (C=O) groups excluding carboxylic acids is 1. The van der Waals surface area contributed by atoms with Crippen LogP contribution in [0.25, 0.3) is 5.70 Å². The highest BCUT2D eigenvalue weighted by atomic mass is 19.1. The molecule has 4 nitrogen and oxygen atoms in total. The van der Waals surface area contributed by atoms with Crippen molar-refractivity contribution in [1.82, 2.24) is 10.9 Å². The summed E-state index contributed by atoms with van der Waals surface area (Å²) < 4.78 is 25.8. The number of carbonyl (C=O) groups is 1. The molecule has 3 N–H and O–H groups in total. The van der Waals surface area contributed by atoms with Crippen molar-refractivity contribution >= 4 is 11.6 Å². The number of amides is 1. The number of phenolic OH excluding ortho intramolecular Hbond substituents is 1. The molecule has 0 unspecified atom stereocenters. The van der Waals surface area contributed by atoms with Gasteiger partial charge in [0.15, 0.2) is 0 Å². The number of hydrazine groups is 1. The highest BCUT2D eigenvalue weighted by Gasteiger charge is 2.09. The fraction of sp³-hybridized carbons (Fsp3) is 0. The van der Waals surface area contributed by atoms with Crippen LogP contribution in [-0.4, -0.2) is 11.0 Å². The summed E-state index contributed by atoms with van der Waals surface area (Å²) in [7, 11) is 0. The molecule has 0 aliphatic carbocycles. The number of phenols is 1. The van der Waals surface area contributed by atoms with Crippen LogP contribution in [0, 0.1) is 11.6 Å². The van der Waals surface area contributed by atoms with Crippen molar-refractivity contribution in [1.29, 1.82) is 0 Å². The molecule has 6 heteroatoms. The molecule has 0 saturated heterocycles. The summed E-state index contributed by atoms with van der Waals surface area (Å²) in [6.45, 7) is 3.59. The number of nitrogens with one attached hydrogen (secondary N) is 2. The van der Waals surface area contributed by atoms with E-state index >= 15 is 0 Å². The van der Waals surface area contributed by atoms with E-state index in [0.29, 0.717) is 0 Å². The fourth-order valence-electron chi connectivity index (χ4n) is 1.62. The third-order valence-electron chi connectivity index (χ3n) is 2.72. The summed E-state index contributed by atoms with van der Waals surface area (Å²) in [5, 5.41) is 9.60. The van der Waals surface area contributed by atoms with Crippen molar-refractivity contribution in [2.75, 3.05) is 0 Å². The summed E-state index contributed by atoms with van der Waals surface area (Å²) in [6, 6.07) is 8.30. The molecule has 0 fully saturated rings. The third-order valence-corrected chi connectivity index (χ3v) is 2.72. The lowest BCUT2D eigenvalue weighted by atomic mass is 10.1. The van der Waals surface area contributed by atoms with Gasteiger partial charge in [-0.2, -0.15) is 0 Å². The van der Waals surface area contributed by atoms with Gasteiger partial charge >= 0.3 is 0 Å². The Kier molecular flexibility index (Phi) is 4.18. The molecule has 0 aliphatic rings. The minimum absolute atomic E-state index is 0.113. The van der Waals surface area contributed by atoms with Crippen LogP contribution >= 0.6 is 0 Å². The van der Waals surface area contributed by atoms with Crippen LogP contribution in [0.5, 0.6) is 5.75 Å². The number of hydrogen-bond donors (Lipinski definition) is 3. The first kappa shape index (κ1) is 14.5. The lowest BCUT2D eigenvalue weighted by Crippen LogP contribution is -2.35. The van der Waals surface area contributed by atoms with Crippen LogP contribution in [0.1, 0.15) is 15.9 Å².